The van der Waals surface area contributed by atoms with Crippen molar-refractivity contribution in [1.29, 1.82) is 0 Å². The fourth-order valence-corrected chi connectivity index (χ4v) is 7.77. The van der Waals surface area contributed by atoms with Gasteiger partial charge in [-0.3, -0.25) is 9.11 Å². The maximum atomic E-state index is 11.7. The van der Waals surface area contributed by atoms with E-state index < -0.39 is 16.6 Å². The molecule has 3 rings (SSSR count). The van der Waals surface area contributed by atoms with Gasteiger partial charge in [-0.1, -0.05) is 55.5 Å². The molecule has 0 aliphatic carbocycles. The summed E-state index contributed by atoms with van der Waals surface area (Å²) in [6.07, 6.45) is 9.92. The van der Waals surface area contributed by atoms with Crippen LogP contribution in [0.4, 0.5) is 11.4 Å². The summed E-state index contributed by atoms with van der Waals surface area (Å²) >= 11 is 5.00. The Hall–Kier alpha value is -1.65. The van der Waals surface area contributed by atoms with Crippen LogP contribution in [0.1, 0.15) is 52.4 Å². The minimum absolute atomic E-state index is 0.263. The molecule has 9 heteroatoms. The predicted molar refractivity (Wildman–Crippen MR) is 154 cm³/mol. The molecule has 6 nitrogen and oxygen atoms in total. The third kappa shape index (κ3) is 7.01. The molecule has 36 heavy (non-hydrogen) atoms. The third-order valence-corrected chi connectivity index (χ3v) is 9.89. The number of carboxylic acid groups (broad SMARTS) is 1. The summed E-state index contributed by atoms with van der Waals surface area (Å²) in [4.78, 5) is 14.4. The van der Waals surface area contributed by atoms with E-state index in [0.717, 1.165) is 71.6 Å². The van der Waals surface area contributed by atoms with Gasteiger partial charge in [-0.05, 0) is 49.4 Å². The Kier molecular flexibility index (Phi) is 10.2. The molecule has 2 aromatic carbocycles. The number of carbonyl (C=O) groups is 1. The number of hydrogen-bond acceptors (Lipinski definition) is 6. The normalized spacial score (nSPS) is 17.4. The number of carboxylic acids is 1. The van der Waals surface area contributed by atoms with E-state index in [9.17, 15) is 13.9 Å². The molecule has 0 spiro atoms. The smallest absolute Gasteiger partial charge is 0.331 e. The summed E-state index contributed by atoms with van der Waals surface area (Å²) in [6, 6.07) is 11.7. The number of unbranched alkanes of at least 4 members (excludes halogenated alkanes) is 2. The predicted octanol–water partition coefficient (Wildman–Crippen LogP) is 8.78. The van der Waals surface area contributed by atoms with Gasteiger partial charge < -0.3 is 14.7 Å². The Morgan fingerprint density at radius 3 is 2.36 bits per heavy atom. The topological polar surface area (TPSA) is 90.2 Å². The highest BCUT2D eigenvalue weighted by Gasteiger charge is 2.42. The highest BCUT2D eigenvalue weighted by Crippen LogP contribution is 2.62. The molecule has 0 amide bonds. The van der Waals surface area contributed by atoms with Crippen molar-refractivity contribution in [2.45, 2.75) is 62.2 Å². The summed E-state index contributed by atoms with van der Waals surface area (Å²) in [6.45, 7) is 5.02. The van der Waals surface area contributed by atoms with Crippen molar-refractivity contribution in [1.82, 2.24) is 0 Å². The van der Waals surface area contributed by atoms with Crippen LogP contribution in [0.5, 0.6) is 5.75 Å². The Balaban J connectivity index is 2.22. The summed E-state index contributed by atoms with van der Waals surface area (Å²) in [5.41, 5.74) is 1.48. The second-order valence-corrected chi connectivity index (χ2v) is 13.1. The van der Waals surface area contributed by atoms with Crippen molar-refractivity contribution in [2.75, 3.05) is 23.5 Å². The van der Waals surface area contributed by atoms with Crippen molar-refractivity contribution in [2.24, 2.45) is 5.41 Å². The van der Waals surface area contributed by atoms with E-state index in [0.29, 0.717) is 22.9 Å². The molecule has 198 valence electrons. The van der Waals surface area contributed by atoms with E-state index in [1.165, 1.54) is 11.8 Å². The van der Waals surface area contributed by atoms with Gasteiger partial charge in [-0.15, -0.1) is 11.8 Å². The maximum absolute atomic E-state index is 11.7. The fourth-order valence-electron chi connectivity index (χ4n) is 4.77. The number of benzene rings is 2. The van der Waals surface area contributed by atoms with Crippen molar-refractivity contribution < 1.29 is 23.7 Å². The first kappa shape index (κ1) is 28.9. The fraction of sp³-hybridized carbons (Fsp3) is 0.444. The van der Waals surface area contributed by atoms with Gasteiger partial charge in [-0.2, -0.15) is 10.6 Å². The van der Waals surface area contributed by atoms with E-state index in [2.05, 4.69) is 34.7 Å². The quantitative estimate of drug-likeness (QED) is 0.135. The molecule has 0 saturated carbocycles. The van der Waals surface area contributed by atoms with Gasteiger partial charge in [0.15, 0.2) is 0 Å². The Bertz CT molecular complexity index is 1070. The van der Waals surface area contributed by atoms with E-state index >= 15 is 0 Å². The van der Waals surface area contributed by atoms with Gasteiger partial charge in [0.1, 0.15) is 5.75 Å². The van der Waals surface area contributed by atoms with E-state index in [4.69, 9.17) is 9.84 Å². The van der Waals surface area contributed by atoms with Crippen LogP contribution in [0.3, 0.4) is 0 Å². The number of halogens is 1. The summed E-state index contributed by atoms with van der Waals surface area (Å²) < 4.78 is 30.0. The average molecular weight is 599 g/mol. The monoisotopic (exact) mass is 597 g/mol. The van der Waals surface area contributed by atoms with Crippen LogP contribution in [-0.2, 0) is 4.79 Å². The van der Waals surface area contributed by atoms with Gasteiger partial charge >= 0.3 is 5.97 Å². The van der Waals surface area contributed by atoms with Crippen LogP contribution in [-0.4, -0.2) is 38.7 Å². The molecule has 0 atom stereocenters. The van der Waals surface area contributed by atoms with Crippen LogP contribution in [0.15, 0.2) is 63.0 Å². The van der Waals surface area contributed by atoms with Gasteiger partial charge in [0.05, 0.1) is 27.8 Å². The highest BCUT2D eigenvalue weighted by atomic mass is 79.9. The molecular formula is C27H36BrNO5S2. The number of thioether (sulfide) groups is 1. The lowest BCUT2D eigenvalue weighted by atomic mass is 9.79. The first-order valence-electron chi connectivity index (χ1n) is 12.2. The number of aliphatic carboxylic acids is 1. The first-order valence-corrected chi connectivity index (χ1v) is 16.0. The second-order valence-electron chi connectivity index (χ2n) is 9.31. The van der Waals surface area contributed by atoms with E-state index in [1.54, 1.807) is 6.07 Å². The van der Waals surface area contributed by atoms with Crippen molar-refractivity contribution >= 4 is 55.6 Å². The molecule has 0 saturated heterocycles. The molecule has 2 aromatic rings. The molecular weight excluding hydrogens is 562 g/mol. The lowest BCUT2D eigenvalue weighted by molar-refractivity contribution is -0.131. The molecule has 0 radical (unpaired) electrons. The van der Waals surface area contributed by atoms with Gasteiger partial charge in [-0.25, -0.2) is 4.79 Å². The first-order chi connectivity index (χ1) is 17.1. The Morgan fingerprint density at radius 1 is 1.17 bits per heavy atom. The van der Waals surface area contributed by atoms with Gasteiger partial charge in [0.2, 0.25) is 0 Å². The third-order valence-electron chi connectivity index (χ3n) is 6.55. The molecule has 1 aliphatic rings. The molecule has 0 fully saturated rings. The van der Waals surface area contributed by atoms with Crippen LogP contribution >= 0.6 is 38.3 Å². The number of fused-ring (bicyclic) bond motifs is 1. The van der Waals surface area contributed by atoms with E-state index in [-0.39, 0.29) is 5.41 Å². The zero-order valence-corrected chi connectivity index (χ0v) is 24.3. The van der Waals surface area contributed by atoms with Crippen molar-refractivity contribution in [3.63, 3.8) is 0 Å². The number of rotatable bonds is 11. The van der Waals surface area contributed by atoms with Gasteiger partial charge in [0.25, 0.3) is 0 Å². The van der Waals surface area contributed by atoms with E-state index in [1.807, 2.05) is 36.6 Å². The minimum atomic E-state index is -3.17. The van der Waals surface area contributed by atoms with Crippen LogP contribution in [0.25, 0.3) is 0 Å². The lowest BCUT2D eigenvalue weighted by Crippen LogP contribution is -2.37. The molecule has 0 unspecified atom stereocenters. The number of ether oxygens (including phenoxy) is 1. The average Bonchev–Trinajstić information content (AvgIpc) is 2.93. The minimum Gasteiger partial charge on any atom is -0.478 e. The largest absolute Gasteiger partial charge is 0.478 e. The molecule has 1 aliphatic heterocycles. The van der Waals surface area contributed by atoms with Crippen LogP contribution < -0.4 is 9.64 Å². The summed E-state index contributed by atoms with van der Waals surface area (Å²) in [5.74, 6) is -0.412. The highest BCUT2D eigenvalue weighted by molar-refractivity contribution is 9.10. The van der Waals surface area contributed by atoms with Gasteiger partial charge in [0, 0.05) is 33.9 Å². The van der Waals surface area contributed by atoms with Crippen molar-refractivity contribution in [3.05, 3.63) is 53.2 Å². The number of anilines is 2. The zero-order valence-electron chi connectivity index (χ0n) is 21.1. The Morgan fingerprint density at radius 2 is 1.81 bits per heavy atom. The van der Waals surface area contributed by atoms with Crippen molar-refractivity contribution in [3.8, 4) is 5.75 Å². The second kappa shape index (κ2) is 12.7. The number of nitrogens with zero attached hydrogens (tertiary/aromatic N) is 1. The van der Waals surface area contributed by atoms with Crippen LogP contribution in [0, 0.1) is 5.41 Å². The Labute approximate surface area is 228 Å². The SMILES string of the molecule is CCCCC1(CCCC)CN(c2ccc(Br)cc2)c2cc(SC)c(O/C=C\C(=O)O)cc2S(O)(O)C1. The summed E-state index contributed by atoms with van der Waals surface area (Å²) in [5, 5.41) is 8.95. The maximum Gasteiger partial charge on any atom is 0.331 e. The molecule has 0 bridgehead atoms. The lowest BCUT2D eigenvalue weighted by Gasteiger charge is -2.42. The number of hydrogen-bond donors (Lipinski definition) is 3. The zero-order chi connectivity index (χ0) is 26.3. The summed E-state index contributed by atoms with van der Waals surface area (Å²) in [7, 11) is -3.17. The standard InChI is InChI=1S/C27H36BrNO5S2/c1-4-6-13-27(14-7-5-2)18-29(21-10-8-20(28)9-11-21)22-16-24(35-3)23(34-15-12-26(30)31)17-25(22)36(32,33)19-27/h8-12,15-17,32-33H,4-7,13-14,18-19H2,1-3H3,(H,30,31)/b15-12-. The van der Waals surface area contributed by atoms with Crippen LogP contribution in [0.2, 0.25) is 0 Å². The molecule has 3 N–H and O–H groups in total. The molecule has 0 aromatic heterocycles. The molecule has 1 heterocycles.